The molecular weight excluding hydrogens is 276 g/mol. The first-order chi connectivity index (χ1) is 9.67. The number of rotatable bonds is 3. The fraction of sp³-hybridized carbons (Fsp3) is 0.308. The number of anilines is 1. The van der Waals surface area contributed by atoms with E-state index in [1.165, 1.54) is 6.42 Å². The predicted molar refractivity (Wildman–Crippen MR) is 81.7 cm³/mol. The lowest BCUT2D eigenvalue weighted by Gasteiger charge is -2.25. The molecule has 0 aliphatic carbocycles. The normalized spacial score (nSPS) is 13.2. The molecule has 3 heterocycles. The molecule has 2 aromatic rings. The van der Waals surface area contributed by atoms with Gasteiger partial charge in [0.05, 0.1) is 11.1 Å². The standard InChI is InChI=1S/C9H9N3OS.C4H7NO/c1-11-6-5-3-2-4-12-9(5)13-7(6)8(10)14;6-4-5-2-1-3-5/h2-4,11H,1H3,(H2,10,14);4H,1-3H2. The molecule has 1 fully saturated rings. The molecule has 0 spiro atoms. The van der Waals surface area contributed by atoms with Crippen LogP contribution in [-0.2, 0) is 4.79 Å². The van der Waals surface area contributed by atoms with Gasteiger partial charge in [0.25, 0.3) is 0 Å². The van der Waals surface area contributed by atoms with Crippen LogP contribution in [0.1, 0.15) is 12.2 Å². The van der Waals surface area contributed by atoms with E-state index < -0.39 is 0 Å². The number of nitrogens with two attached hydrogens (primary N) is 1. The Kier molecular flexibility index (Phi) is 4.52. The molecular formula is C13H16N4O2S. The summed E-state index contributed by atoms with van der Waals surface area (Å²) in [7, 11) is 1.79. The Morgan fingerprint density at radius 1 is 1.60 bits per heavy atom. The van der Waals surface area contributed by atoms with Crippen LogP contribution < -0.4 is 11.1 Å². The highest BCUT2D eigenvalue weighted by Gasteiger charge is 2.14. The van der Waals surface area contributed by atoms with Crippen molar-refractivity contribution in [2.45, 2.75) is 6.42 Å². The van der Waals surface area contributed by atoms with E-state index in [0.717, 1.165) is 30.6 Å². The molecule has 1 saturated heterocycles. The zero-order valence-electron chi connectivity index (χ0n) is 11.1. The molecule has 1 aliphatic heterocycles. The first-order valence-corrected chi connectivity index (χ1v) is 6.62. The Morgan fingerprint density at radius 3 is 2.80 bits per heavy atom. The Balaban J connectivity index is 0.000000205. The van der Waals surface area contributed by atoms with Crippen molar-refractivity contribution in [3.8, 4) is 0 Å². The van der Waals surface area contributed by atoms with Crippen molar-refractivity contribution in [1.29, 1.82) is 0 Å². The minimum absolute atomic E-state index is 0.229. The number of carbonyl (C=O) groups is 1. The topological polar surface area (TPSA) is 84.4 Å². The zero-order chi connectivity index (χ0) is 14.5. The summed E-state index contributed by atoms with van der Waals surface area (Å²) in [4.78, 5) is 15.8. The van der Waals surface area contributed by atoms with Crippen LogP contribution in [0.3, 0.4) is 0 Å². The lowest BCUT2D eigenvalue weighted by molar-refractivity contribution is -0.121. The number of pyridine rings is 1. The summed E-state index contributed by atoms with van der Waals surface area (Å²) in [5.74, 6) is 0.483. The van der Waals surface area contributed by atoms with Crippen molar-refractivity contribution < 1.29 is 9.21 Å². The molecule has 0 atom stereocenters. The highest BCUT2D eigenvalue weighted by atomic mass is 32.1. The van der Waals surface area contributed by atoms with Gasteiger partial charge in [-0.05, 0) is 18.6 Å². The van der Waals surface area contributed by atoms with Gasteiger partial charge in [0.15, 0.2) is 5.76 Å². The molecule has 3 N–H and O–H groups in total. The van der Waals surface area contributed by atoms with Gasteiger partial charge in [-0.15, -0.1) is 0 Å². The van der Waals surface area contributed by atoms with E-state index in [0.29, 0.717) is 11.5 Å². The average molecular weight is 292 g/mol. The SMILES string of the molecule is CNc1c(C(N)=S)oc2ncccc12.O=CN1CCC1. The highest BCUT2D eigenvalue weighted by molar-refractivity contribution is 7.80. The van der Waals surface area contributed by atoms with E-state index in [9.17, 15) is 4.79 Å². The number of likely N-dealkylation sites (tertiary alicyclic amines) is 1. The molecule has 106 valence electrons. The van der Waals surface area contributed by atoms with Crippen molar-refractivity contribution in [3.63, 3.8) is 0 Å². The van der Waals surface area contributed by atoms with Crippen LogP contribution in [0.15, 0.2) is 22.7 Å². The molecule has 0 saturated carbocycles. The average Bonchev–Trinajstić information content (AvgIpc) is 2.77. The van der Waals surface area contributed by atoms with Crippen LogP contribution in [0.25, 0.3) is 11.1 Å². The third-order valence-corrected chi connectivity index (χ3v) is 3.17. The molecule has 7 heteroatoms. The number of thiocarbonyl (C=S) groups is 1. The summed E-state index contributed by atoms with van der Waals surface area (Å²) in [6, 6.07) is 3.74. The zero-order valence-corrected chi connectivity index (χ0v) is 11.9. The molecule has 1 amide bonds. The first-order valence-electron chi connectivity index (χ1n) is 6.21. The number of hydrogen-bond acceptors (Lipinski definition) is 5. The van der Waals surface area contributed by atoms with Crippen LogP contribution in [0, 0.1) is 0 Å². The van der Waals surface area contributed by atoms with Gasteiger partial charge in [-0.1, -0.05) is 12.2 Å². The fourth-order valence-electron chi connectivity index (χ4n) is 1.80. The van der Waals surface area contributed by atoms with Gasteiger partial charge in [-0.2, -0.15) is 0 Å². The molecule has 3 rings (SSSR count). The fourth-order valence-corrected chi connectivity index (χ4v) is 1.94. The molecule has 0 bridgehead atoms. The quantitative estimate of drug-likeness (QED) is 0.656. The van der Waals surface area contributed by atoms with E-state index in [-0.39, 0.29) is 4.99 Å². The summed E-state index contributed by atoms with van der Waals surface area (Å²) >= 11 is 4.87. The molecule has 0 radical (unpaired) electrons. The molecule has 0 aromatic carbocycles. The van der Waals surface area contributed by atoms with E-state index in [1.807, 2.05) is 12.1 Å². The first kappa shape index (κ1) is 14.3. The molecule has 2 aromatic heterocycles. The number of fused-ring (bicyclic) bond motifs is 1. The minimum Gasteiger partial charge on any atom is -0.433 e. The van der Waals surface area contributed by atoms with E-state index in [1.54, 1.807) is 18.1 Å². The summed E-state index contributed by atoms with van der Waals surface area (Å²) < 4.78 is 5.41. The van der Waals surface area contributed by atoms with Gasteiger partial charge in [0.1, 0.15) is 4.99 Å². The van der Waals surface area contributed by atoms with Crippen molar-refractivity contribution in [3.05, 3.63) is 24.1 Å². The van der Waals surface area contributed by atoms with Crippen molar-refractivity contribution in [1.82, 2.24) is 9.88 Å². The van der Waals surface area contributed by atoms with E-state index in [2.05, 4.69) is 10.3 Å². The summed E-state index contributed by atoms with van der Waals surface area (Å²) in [6.45, 7) is 1.95. The second kappa shape index (κ2) is 6.33. The summed E-state index contributed by atoms with van der Waals surface area (Å²) in [6.07, 6.45) is 3.75. The maximum Gasteiger partial charge on any atom is 0.229 e. The number of aromatic nitrogens is 1. The van der Waals surface area contributed by atoms with E-state index in [4.69, 9.17) is 22.4 Å². The van der Waals surface area contributed by atoms with Gasteiger partial charge in [0, 0.05) is 26.3 Å². The van der Waals surface area contributed by atoms with Gasteiger partial charge < -0.3 is 20.4 Å². The van der Waals surface area contributed by atoms with Crippen LogP contribution in [0.5, 0.6) is 0 Å². The van der Waals surface area contributed by atoms with Crippen LogP contribution in [0.4, 0.5) is 5.69 Å². The molecule has 0 unspecified atom stereocenters. The number of carbonyl (C=O) groups excluding carboxylic acids is 1. The molecule has 1 aliphatic rings. The maximum absolute atomic E-state index is 9.71. The largest absolute Gasteiger partial charge is 0.433 e. The van der Waals surface area contributed by atoms with Crippen molar-refractivity contribution in [2.24, 2.45) is 5.73 Å². The Hall–Kier alpha value is -2.15. The Bertz CT molecular complexity index is 622. The lowest BCUT2D eigenvalue weighted by atomic mass is 10.2. The van der Waals surface area contributed by atoms with Gasteiger partial charge in [-0.3, -0.25) is 4.79 Å². The van der Waals surface area contributed by atoms with Crippen LogP contribution >= 0.6 is 12.2 Å². The third-order valence-electron chi connectivity index (χ3n) is 2.98. The smallest absolute Gasteiger partial charge is 0.229 e. The Morgan fingerprint density at radius 2 is 2.35 bits per heavy atom. The summed E-state index contributed by atoms with van der Waals surface area (Å²) in [5.41, 5.74) is 6.86. The van der Waals surface area contributed by atoms with Gasteiger partial charge in [0.2, 0.25) is 12.1 Å². The highest BCUT2D eigenvalue weighted by Crippen LogP contribution is 2.28. The van der Waals surface area contributed by atoms with Gasteiger partial charge >= 0.3 is 0 Å². The lowest BCUT2D eigenvalue weighted by Crippen LogP contribution is -2.35. The van der Waals surface area contributed by atoms with Crippen LogP contribution in [-0.4, -0.2) is 41.4 Å². The maximum atomic E-state index is 9.71. The molecule has 6 nitrogen and oxygen atoms in total. The monoisotopic (exact) mass is 292 g/mol. The minimum atomic E-state index is 0.229. The number of hydrogen-bond donors (Lipinski definition) is 2. The second-order valence-corrected chi connectivity index (χ2v) is 4.71. The Labute approximate surface area is 121 Å². The van der Waals surface area contributed by atoms with Crippen LogP contribution in [0.2, 0.25) is 0 Å². The van der Waals surface area contributed by atoms with Gasteiger partial charge in [-0.25, -0.2) is 4.98 Å². The second-order valence-electron chi connectivity index (χ2n) is 4.27. The predicted octanol–water partition coefficient (Wildman–Crippen LogP) is 1.35. The molecule has 20 heavy (non-hydrogen) atoms. The van der Waals surface area contributed by atoms with Crippen molar-refractivity contribution in [2.75, 3.05) is 25.5 Å². The third kappa shape index (κ3) is 2.88. The van der Waals surface area contributed by atoms with Crippen molar-refractivity contribution >= 4 is 40.4 Å². The van der Waals surface area contributed by atoms with E-state index >= 15 is 0 Å². The summed E-state index contributed by atoms with van der Waals surface area (Å²) in [5, 5.41) is 3.89. The number of amides is 1. The number of nitrogens with zero attached hydrogens (tertiary/aromatic N) is 2. The number of furan rings is 1. The number of nitrogens with one attached hydrogen (secondary N) is 1.